The van der Waals surface area contributed by atoms with Crippen LogP contribution in [0.25, 0.3) is 0 Å². The zero-order valence-corrected chi connectivity index (χ0v) is 19.1. The highest BCUT2D eigenvalue weighted by molar-refractivity contribution is 8.01. The lowest BCUT2D eigenvalue weighted by Gasteiger charge is -2.17. The third kappa shape index (κ3) is 7.81. The molecular formula is C21H27ClO6S2. The molecule has 1 fully saturated rings. The van der Waals surface area contributed by atoms with Gasteiger partial charge < -0.3 is 20.1 Å². The molecule has 0 bridgehead atoms. The molecule has 166 valence electrons. The number of hydrogen-bond acceptors (Lipinski definition) is 7. The van der Waals surface area contributed by atoms with E-state index in [1.807, 2.05) is 6.07 Å². The molecule has 1 aliphatic carbocycles. The van der Waals surface area contributed by atoms with Gasteiger partial charge in [-0.1, -0.05) is 29.8 Å². The van der Waals surface area contributed by atoms with Gasteiger partial charge in [0.1, 0.15) is 11.5 Å². The molecule has 6 nitrogen and oxygen atoms in total. The van der Waals surface area contributed by atoms with Crippen molar-refractivity contribution in [3.63, 3.8) is 0 Å². The van der Waals surface area contributed by atoms with Gasteiger partial charge in [-0.05, 0) is 35.6 Å². The summed E-state index contributed by atoms with van der Waals surface area (Å²) in [5, 5.41) is 29.4. The highest BCUT2D eigenvalue weighted by Gasteiger charge is 2.40. The molecule has 1 aromatic rings. The zero-order valence-electron chi connectivity index (χ0n) is 16.7. The average Bonchev–Trinajstić information content (AvgIpc) is 2.95. The first-order chi connectivity index (χ1) is 14.3. The fourth-order valence-electron chi connectivity index (χ4n) is 3.24. The number of ether oxygens (including phenoxy) is 1. The summed E-state index contributed by atoms with van der Waals surface area (Å²) in [6, 6.07) is 5.32. The number of rotatable bonds is 12. The predicted molar refractivity (Wildman–Crippen MR) is 122 cm³/mol. The van der Waals surface area contributed by atoms with Gasteiger partial charge in [-0.2, -0.15) is 11.8 Å². The molecule has 1 aromatic carbocycles. The van der Waals surface area contributed by atoms with Crippen LogP contribution in [0.2, 0.25) is 5.02 Å². The number of carboxylic acid groups (broad SMARTS) is 1. The van der Waals surface area contributed by atoms with E-state index in [2.05, 4.69) is 0 Å². The number of carboxylic acids is 1. The van der Waals surface area contributed by atoms with Crippen LogP contribution in [0, 0.1) is 5.92 Å². The molecule has 2 rings (SSSR count). The molecule has 4 atom stereocenters. The van der Waals surface area contributed by atoms with Crippen LogP contribution in [-0.2, 0) is 16.0 Å². The van der Waals surface area contributed by atoms with Gasteiger partial charge in [0.15, 0.2) is 0 Å². The fourth-order valence-corrected chi connectivity index (χ4v) is 5.71. The number of carbonyl (C=O) groups excluding carboxylic acids is 1. The van der Waals surface area contributed by atoms with Crippen LogP contribution < -0.4 is 4.74 Å². The Morgan fingerprint density at radius 2 is 2.17 bits per heavy atom. The highest BCUT2D eigenvalue weighted by Crippen LogP contribution is 2.34. The number of Topliss-reactive ketones (excluding diaryl/α,β-unsaturated/α-hetero) is 1. The molecule has 0 spiro atoms. The lowest BCUT2D eigenvalue weighted by Crippen LogP contribution is -2.22. The summed E-state index contributed by atoms with van der Waals surface area (Å²) in [7, 11) is 1.54. The van der Waals surface area contributed by atoms with E-state index in [-0.39, 0.29) is 29.1 Å². The molecule has 0 radical (unpaired) electrons. The van der Waals surface area contributed by atoms with Gasteiger partial charge in [-0.15, -0.1) is 11.8 Å². The number of hydrogen-bond donors (Lipinski definition) is 3. The second-order valence-electron chi connectivity index (χ2n) is 7.03. The SMILES string of the molecule is COc1ccc(CC(O)C=C[C@H]2C(O)CC(=O)C2SCCCSCC(=O)O)cc1Cl. The minimum absolute atomic E-state index is 0.0109. The van der Waals surface area contributed by atoms with Crippen molar-refractivity contribution in [2.45, 2.75) is 36.7 Å². The minimum atomic E-state index is -0.831. The van der Waals surface area contributed by atoms with Crippen LogP contribution in [0.3, 0.4) is 0 Å². The Hall–Kier alpha value is -1.19. The number of aliphatic carboxylic acids is 1. The standard InChI is InChI=1S/C21H27ClO6S2/c1-28-19-6-3-13(10-16(19)22)9-14(23)4-5-15-17(24)11-18(25)21(15)30-8-2-7-29-12-20(26)27/h3-6,10,14-15,17,21,23-24H,2,7-9,11-12H2,1H3,(H,26,27)/t14?,15-,17?,21?/m0/s1. The van der Waals surface area contributed by atoms with Gasteiger partial charge in [0.2, 0.25) is 0 Å². The van der Waals surface area contributed by atoms with Crippen LogP contribution in [0.15, 0.2) is 30.4 Å². The van der Waals surface area contributed by atoms with E-state index in [0.717, 1.165) is 12.0 Å². The van der Waals surface area contributed by atoms with E-state index in [4.69, 9.17) is 21.4 Å². The molecule has 1 saturated carbocycles. The van der Waals surface area contributed by atoms with E-state index in [0.29, 0.717) is 28.7 Å². The molecule has 3 unspecified atom stereocenters. The van der Waals surface area contributed by atoms with Crippen molar-refractivity contribution < 1.29 is 29.6 Å². The maximum atomic E-state index is 12.3. The molecule has 0 amide bonds. The van der Waals surface area contributed by atoms with E-state index < -0.39 is 18.2 Å². The Morgan fingerprint density at radius 3 is 2.83 bits per heavy atom. The second-order valence-corrected chi connectivity index (χ2v) is 9.79. The first kappa shape index (κ1) is 25.1. The lowest BCUT2D eigenvalue weighted by atomic mass is 10.0. The normalized spacial score (nSPS) is 22.5. The topological polar surface area (TPSA) is 104 Å². The maximum Gasteiger partial charge on any atom is 0.313 e. The lowest BCUT2D eigenvalue weighted by molar-refractivity contribution is -0.133. The average molecular weight is 475 g/mol. The summed E-state index contributed by atoms with van der Waals surface area (Å²) in [5.41, 5.74) is 0.853. The molecule has 9 heteroatoms. The van der Waals surface area contributed by atoms with Crippen LogP contribution in [-0.4, -0.2) is 68.9 Å². The summed E-state index contributed by atoms with van der Waals surface area (Å²) < 4.78 is 5.12. The summed E-state index contributed by atoms with van der Waals surface area (Å²) in [4.78, 5) is 22.8. The minimum Gasteiger partial charge on any atom is -0.495 e. The van der Waals surface area contributed by atoms with E-state index >= 15 is 0 Å². The van der Waals surface area contributed by atoms with E-state index in [1.54, 1.807) is 24.3 Å². The Morgan fingerprint density at radius 1 is 1.40 bits per heavy atom. The number of methoxy groups -OCH3 is 1. The van der Waals surface area contributed by atoms with Gasteiger partial charge in [-0.25, -0.2) is 0 Å². The summed E-state index contributed by atoms with van der Waals surface area (Å²) in [6.45, 7) is 0. The molecule has 1 aliphatic rings. The Bertz CT molecular complexity index is 757. The third-order valence-corrected chi connectivity index (χ3v) is 7.48. The number of thioether (sulfide) groups is 2. The van der Waals surface area contributed by atoms with Crippen molar-refractivity contribution in [2.75, 3.05) is 24.4 Å². The summed E-state index contributed by atoms with van der Waals surface area (Å²) in [6.07, 6.45) is 3.11. The monoisotopic (exact) mass is 474 g/mol. The smallest absolute Gasteiger partial charge is 0.313 e. The largest absolute Gasteiger partial charge is 0.495 e. The number of ketones is 1. The van der Waals surface area contributed by atoms with Crippen molar-refractivity contribution in [1.29, 1.82) is 0 Å². The van der Waals surface area contributed by atoms with Gasteiger partial charge in [0, 0.05) is 18.8 Å². The fraction of sp³-hybridized carbons (Fsp3) is 0.524. The Kier molecular flexibility index (Phi) is 10.5. The number of aliphatic hydroxyl groups excluding tert-OH is 2. The van der Waals surface area contributed by atoms with Crippen molar-refractivity contribution in [3.05, 3.63) is 40.9 Å². The van der Waals surface area contributed by atoms with Gasteiger partial charge >= 0.3 is 5.97 Å². The van der Waals surface area contributed by atoms with Crippen molar-refractivity contribution in [3.8, 4) is 5.75 Å². The molecular weight excluding hydrogens is 448 g/mol. The molecule has 3 N–H and O–H groups in total. The number of carbonyl (C=O) groups is 2. The molecule has 0 heterocycles. The zero-order chi connectivity index (χ0) is 22.1. The summed E-state index contributed by atoms with van der Waals surface area (Å²) in [5.74, 6) is 0.912. The van der Waals surface area contributed by atoms with Crippen LogP contribution in [0.5, 0.6) is 5.75 Å². The first-order valence-electron chi connectivity index (χ1n) is 9.62. The van der Waals surface area contributed by atoms with E-state index in [9.17, 15) is 19.8 Å². The third-order valence-electron chi connectivity index (χ3n) is 4.69. The van der Waals surface area contributed by atoms with Crippen LogP contribution >= 0.6 is 35.1 Å². The van der Waals surface area contributed by atoms with E-state index in [1.165, 1.54) is 30.6 Å². The van der Waals surface area contributed by atoms with Crippen LogP contribution in [0.4, 0.5) is 0 Å². The Labute approximate surface area is 190 Å². The summed E-state index contributed by atoms with van der Waals surface area (Å²) >= 11 is 8.96. The van der Waals surface area contributed by atoms with Crippen LogP contribution in [0.1, 0.15) is 18.4 Å². The second kappa shape index (κ2) is 12.6. The van der Waals surface area contributed by atoms with Crippen molar-refractivity contribution >= 4 is 46.9 Å². The number of benzene rings is 1. The molecule has 0 aromatic heterocycles. The molecule has 0 saturated heterocycles. The maximum absolute atomic E-state index is 12.3. The number of halogens is 1. The Balaban J connectivity index is 1.86. The quantitative estimate of drug-likeness (QED) is 0.313. The molecule has 30 heavy (non-hydrogen) atoms. The van der Waals surface area contributed by atoms with Gasteiger partial charge in [0.25, 0.3) is 0 Å². The first-order valence-corrected chi connectivity index (χ1v) is 12.2. The highest BCUT2D eigenvalue weighted by atomic mass is 35.5. The predicted octanol–water partition coefficient (Wildman–Crippen LogP) is 3.07. The molecule has 0 aliphatic heterocycles. The van der Waals surface area contributed by atoms with Gasteiger partial charge in [-0.3, -0.25) is 9.59 Å². The van der Waals surface area contributed by atoms with Crippen molar-refractivity contribution in [1.82, 2.24) is 0 Å². The number of aliphatic hydroxyl groups is 2. The van der Waals surface area contributed by atoms with Gasteiger partial charge in [0.05, 0.1) is 35.3 Å². The van der Waals surface area contributed by atoms with Crippen molar-refractivity contribution in [2.24, 2.45) is 5.92 Å².